The zero-order chi connectivity index (χ0) is 14.3. The molecule has 1 unspecified atom stereocenters. The second-order valence-corrected chi connectivity index (χ2v) is 5.76. The van der Waals surface area contributed by atoms with Crippen LogP contribution in [-0.4, -0.2) is 16.8 Å². The van der Waals surface area contributed by atoms with Crippen molar-refractivity contribution < 1.29 is 9.59 Å². The van der Waals surface area contributed by atoms with E-state index in [0.29, 0.717) is 16.5 Å². The Hall–Kier alpha value is -1.88. The number of hydrogen-bond acceptors (Lipinski definition) is 2. The molecule has 2 amide bonds. The molecule has 0 saturated heterocycles. The standard InChI is InChI=1S/C15H13BrN2O2/c1-8(6-10-13(16)15(20)18-14(10)19)11-7-17-12-5-3-2-4-9(11)12/h2-5,7-8,17H,6H2,1H3,(H,18,19,20). The van der Waals surface area contributed by atoms with Gasteiger partial charge in [0.1, 0.15) is 0 Å². The van der Waals surface area contributed by atoms with Crippen LogP contribution < -0.4 is 5.32 Å². The van der Waals surface area contributed by atoms with Crippen molar-refractivity contribution >= 4 is 38.6 Å². The van der Waals surface area contributed by atoms with E-state index in [0.717, 1.165) is 16.5 Å². The van der Waals surface area contributed by atoms with Gasteiger partial charge in [-0.25, -0.2) is 0 Å². The zero-order valence-electron chi connectivity index (χ0n) is 10.9. The van der Waals surface area contributed by atoms with E-state index in [1.807, 2.05) is 24.4 Å². The molecule has 0 saturated carbocycles. The molecule has 2 heterocycles. The van der Waals surface area contributed by atoms with Gasteiger partial charge >= 0.3 is 0 Å². The van der Waals surface area contributed by atoms with Crippen LogP contribution in [0.2, 0.25) is 0 Å². The van der Waals surface area contributed by atoms with Gasteiger partial charge in [0, 0.05) is 22.7 Å². The number of carbonyl (C=O) groups is 2. The Morgan fingerprint density at radius 2 is 1.95 bits per heavy atom. The third kappa shape index (κ3) is 2.08. The van der Waals surface area contributed by atoms with Crippen molar-refractivity contribution in [2.45, 2.75) is 19.3 Å². The highest BCUT2D eigenvalue weighted by Crippen LogP contribution is 2.32. The van der Waals surface area contributed by atoms with Crippen LogP contribution in [-0.2, 0) is 9.59 Å². The number of hydrogen-bond donors (Lipinski definition) is 2. The van der Waals surface area contributed by atoms with Crippen molar-refractivity contribution in [3.05, 3.63) is 46.1 Å². The average Bonchev–Trinajstić information content (AvgIpc) is 2.96. The number of carbonyl (C=O) groups excluding carboxylic acids is 2. The van der Waals surface area contributed by atoms with Crippen molar-refractivity contribution in [2.24, 2.45) is 0 Å². The second-order valence-electron chi connectivity index (χ2n) is 4.97. The highest BCUT2D eigenvalue weighted by atomic mass is 79.9. The minimum Gasteiger partial charge on any atom is -0.361 e. The number of fused-ring (bicyclic) bond motifs is 1. The fourth-order valence-electron chi connectivity index (χ4n) is 2.57. The van der Waals surface area contributed by atoms with Crippen LogP contribution in [0.25, 0.3) is 10.9 Å². The Labute approximate surface area is 124 Å². The fraction of sp³-hybridized carbons (Fsp3) is 0.200. The van der Waals surface area contributed by atoms with E-state index in [-0.39, 0.29) is 17.7 Å². The molecule has 5 heteroatoms. The molecule has 0 radical (unpaired) electrons. The SMILES string of the molecule is CC(CC1=C(Br)C(=O)NC1=O)c1c[nH]c2ccccc12. The van der Waals surface area contributed by atoms with Crippen LogP contribution in [0.4, 0.5) is 0 Å². The molecule has 0 spiro atoms. The monoisotopic (exact) mass is 332 g/mol. The summed E-state index contributed by atoms with van der Waals surface area (Å²) in [5, 5.41) is 3.45. The molecule has 2 aromatic rings. The number of imide groups is 1. The summed E-state index contributed by atoms with van der Waals surface area (Å²) in [5.41, 5.74) is 2.75. The van der Waals surface area contributed by atoms with Crippen molar-refractivity contribution in [3.63, 3.8) is 0 Å². The first-order valence-electron chi connectivity index (χ1n) is 6.38. The minimum atomic E-state index is -0.351. The molecule has 1 aliphatic heterocycles. The van der Waals surface area contributed by atoms with Gasteiger partial charge in [0.25, 0.3) is 11.8 Å². The van der Waals surface area contributed by atoms with Gasteiger partial charge in [-0.15, -0.1) is 0 Å². The van der Waals surface area contributed by atoms with E-state index < -0.39 is 0 Å². The molecule has 0 fully saturated rings. The van der Waals surface area contributed by atoms with E-state index >= 15 is 0 Å². The molecule has 3 rings (SSSR count). The Bertz CT molecular complexity index is 745. The number of H-pyrrole nitrogens is 1. The van der Waals surface area contributed by atoms with E-state index in [1.54, 1.807) is 0 Å². The van der Waals surface area contributed by atoms with E-state index in [4.69, 9.17) is 0 Å². The molecule has 0 bridgehead atoms. The summed E-state index contributed by atoms with van der Waals surface area (Å²) in [5.74, 6) is -0.505. The van der Waals surface area contributed by atoms with Crippen molar-refractivity contribution in [1.29, 1.82) is 0 Å². The molecule has 2 N–H and O–H groups in total. The smallest absolute Gasteiger partial charge is 0.265 e. The van der Waals surface area contributed by atoms with Gasteiger partial charge < -0.3 is 4.98 Å². The lowest BCUT2D eigenvalue weighted by Crippen LogP contribution is -2.22. The Kier molecular flexibility index (Phi) is 3.22. The van der Waals surface area contributed by atoms with Crippen molar-refractivity contribution in [2.75, 3.05) is 0 Å². The Balaban J connectivity index is 1.92. The topological polar surface area (TPSA) is 62.0 Å². The van der Waals surface area contributed by atoms with Gasteiger partial charge in [-0.05, 0) is 39.9 Å². The lowest BCUT2D eigenvalue weighted by atomic mass is 9.93. The Morgan fingerprint density at radius 1 is 1.20 bits per heavy atom. The molecular weight excluding hydrogens is 320 g/mol. The largest absolute Gasteiger partial charge is 0.361 e. The number of aromatic nitrogens is 1. The van der Waals surface area contributed by atoms with Gasteiger partial charge in [-0.1, -0.05) is 25.1 Å². The summed E-state index contributed by atoms with van der Waals surface area (Å²) >= 11 is 3.19. The van der Waals surface area contributed by atoms with Gasteiger partial charge in [-0.2, -0.15) is 0 Å². The lowest BCUT2D eigenvalue weighted by Gasteiger charge is -2.10. The van der Waals surface area contributed by atoms with Crippen LogP contribution in [0.1, 0.15) is 24.8 Å². The first-order valence-corrected chi connectivity index (χ1v) is 7.17. The first-order chi connectivity index (χ1) is 9.58. The highest BCUT2D eigenvalue weighted by molar-refractivity contribution is 9.12. The van der Waals surface area contributed by atoms with Crippen molar-refractivity contribution in [3.8, 4) is 0 Å². The maximum absolute atomic E-state index is 11.7. The third-order valence-corrected chi connectivity index (χ3v) is 4.47. The maximum atomic E-state index is 11.7. The molecular formula is C15H13BrN2O2. The number of rotatable bonds is 3. The Morgan fingerprint density at radius 3 is 2.65 bits per heavy atom. The molecule has 1 aliphatic rings. The molecule has 102 valence electrons. The summed E-state index contributed by atoms with van der Waals surface area (Å²) in [4.78, 5) is 26.4. The lowest BCUT2D eigenvalue weighted by molar-refractivity contribution is -0.124. The van der Waals surface area contributed by atoms with Crippen molar-refractivity contribution in [1.82, 2.24) is 10.3 Å². The normalized spacial score (nSPS) is 16.9. The van der Waals surface area contributed by atoms with Crippen LogP contribution in [0, 0.1) is 0 Å². The summed E-state index contributed by atoms with van der Waals surface area (Å²) in [6, 6.07) is 8.05. The highest BCUT2D eigenvalue weighted by Gasteiger charge is 2.29. The predicted molar refractivity (Wildman–Crippen MR) is 80.4 cm³/mol. The molecule has 4 nitrogen and oxygen atoms in total. The molecule has 1 atom stereocenters. The number of amides is 2. The summed E-state index contributed by atoms with van der Waals surface area (Å²) in [6.07, 6.45) is 2.50. The number of aromatic amines is 1. The average molecular weight is 333 g/mol. The van der Waals surface area contributed by atoms with Gasteiger partial charge in [0.05, 0.1) is 4.48 Å². The number of nitrogens with one attached hydrogen (secondary N) is 2. The molecule has 20 heavy (non-hydrogen) atoms. The van der Waals surface area contributed by atoms with Crippen LogP contribution >= 0.6 is 15.9 Å². The van der Waals surface area contributed by atoms with E-state index in [2.05, 4.69) is 39.2 Å². The van der Waals surface area contributed by atoms with Crippen LogP contribution in [0.3, 0.4) is 0 Å². The van der Waals surface area contributed by atoms with E-state index in [1.165, 1.54) is 0 Å². The quantitative estimate of drug-likeness (QED) is 0.849. The van der Waals surface area contributed by atoms with E-state index in [9.17, 15) is 9.59 Å². The number of halogens is 1. The third-order valence-electron chi connectivity index (χ3n) is 3.63. The molecule has 0 aliphatic carbocycles. The first kappa shape index (κ1) is 13.1. The zero-order valence-corrected chi connectivity index (χ0v) is 12.5. The number of para-hydroxylation sites is 1. The molecule has 1 aromatic carbocycles. The number of benzene rings is 1. The van der Waals surface area contributed by atoms with Gasteiger partial charge in [0.2, 0.25) is 0 Å². The van der Waals surface area contributed by atoms with Crippen LogP contribution in [0.5, 0.6) is 0 Å². The molecule has 1 aromatic heterocycles. The van der Waals surface area contributed by atoms with Gasteiger partial charge in [0.15, 0.2) is 0 Å². The minimum absolute atomic E-state index is 0.144. The van der Waals surface area contributed by atoms with Crippen LogP contribution in [0.15, 0.2) is 40.5 Å². The fourth-order valence-corrected chi connectivity index (χ4v) is 3.01. The predicted octanol–water partition coefficient (Wildman–Crippen LogP) is 2.97. The van der Waals surface area contributed by atoms with Gasteiger partial charge in [-0.3, -0.25) is 14.9 Å². The maximum Gasteiger partial charge on any atom is 0.265 e. The summed E-state index contributed by atoms with van der Waals surface area (Å²) in [6.45, 7) is 2.05. The summed E-state index contributed by atoms with van der Waals surface area (Å²) < 4.78 is 0.356. The summed E-state index contributed by atoms with van der Waals surface area (Å²) in [7, 11) is 0. The second kappa shape index (κ2) is 4.90.